The molecule has 0 spiro atoms. The van der Waals surface area contributed by atoms with Crippen LogP contribution >= 0.6 is 0 Å². The van der Waals surface area contributed by atoms with Crippen molar-refractivity contribution in [1.29, 1.82) is 0 Å². The molecule has 0 bridgehead atoms. The minimum absolute atomic E-state index is 0.0949. The molecular weight excluding hydrogens is 347 g/mol. The molecular formula is C19H21FN6O. The highest BCUT2D eigenvalue weighted by molar-refractivity contribution is 5.99. The Balaban J connectivity index is 1.69. The number of fused-ring (bicyclic) bond motifs is 2. The van der Waals surface area contributed by atoms with E-state index in [1.165, 1.54) is 6.07 Å². The lowest BCUT2D eigenvalue weighted by atomic mass is 10.0. The third-order valence-electron chi connectivity index (χ3n) is 4.98. The van der Waals surface area contributed by atoms with Gasteiger partial charge in [-0.2, -0.15) is 5.10 Å². The Bertz CT molecular complexity index is 985. The Morgan fingerprint density at radius 2 is 2.19 bits per heavy atom. The molecule has 0 atom stereocenters. The molecule has 2 aliphatic rings. The van der Waals surface area contributed by atoms with Crippen molar-refractivity contribution in [3.05, 3.63) is 47.7 Å². The molecule has 140 valence electrons. The zero-order valence-corrected chi connectivity index (χ0v) is 15.2. The number of hydrogen-bond acceptors (Lipinski definition) is 5. The summed E-state index contributed by atoms with van der Waals surface area (Å²) >= 11 is 0. The fourth-order valence-corrected chi connectivity index (χ4v) is 3.40. The summed E-state index contributed by atoms with van der Waals surface area (Å²) < 4.78 is 14.9. The number of nitrogens with one attached hydrogen (secondary N) is 3. The van der Waals surface area contributed by atoms with Crippen LogP contribution in [0.3, 0.4) is 0 Å². The van der Waals surface area contributed by atoms with E-state index in [1.807, 2.05) is 43.3 Å². The number of aromatic nitrogens is 3. The van der Waals surface area contributed by atoms with Crippen LogP contribution in [-0.4, -0.2) is 32.6 Å². The van der Waals surface area contributed by atoms with Gasteiger partial charge in [-0.05, 0) is 31.1 Å². The molecule has 2 aromatic rings. The van der Waals surface area contributed by atoms with Crippen molar-refractivity contribution >= 4 is 28.3 Å². The molecule has 0 saturated heterocycles. The van der Waals surface area contributed by atoms with E-state index < -0.39 is 5.82 Å². The maximum atomic E-state index is 14.9. The SMILES string of the molecule is CCC(CC)C(=O)Nc1n[nH]c2nc(C3=C4C=CC=CN4NC3)c(F)cc12. The Hall–Kier alpha value is -3.00. The van der Waals surface area contributed by atoms with Crippen LogP contribution in [-0.2, 0) is 4.79 Å². The molecule has 0 aromatic carbocycles. The summed E-state index contributed by atoms with van der Waals surface area (Å²) in [5.74, 6) is -0.347. The van der Waals surface area contributed by atoms with Crippen LogP contribution in [0.4, 0.5) is 10.2 Å². The monoisotopic (exact) mass is 368 g/mol. The Morgan fingerprint density at radius 1 is 1.37 bits per heavy atom. The maximum absolute atomic E-state index is 14.9. The lowest BCUT2D eigenvalue weighted by molar-refractivity contribution is -0.120. The van der Waals surface area contributed by atoms with E-state index in [-0.39, 0.29) is 17.5 Å². The Morgan fingerprint density at radius 3 is 2.96 bits per heavy atom. The van der Waals surface area contributed by atoms with Gasteiger partial charge in [0.1, 0.15) is 11.5 Å². The van der Waals surface area contributed by atoms with Gasteiger partial charge in [-0.1, -0.05) is 19.9 Å². The quantitative estimate of drug-likeness (QED) is 0.755. The second-order valence-electron chi connectivity index (χ2n) is 6.56. The molecule has 2 aliphatic heterocycles. The van der Waals surface area contributed by atoms with Crippen molar-refractivity contribution in [2.24, 2.45) is 5.92 Å². The number of nitrogens with zero attached hydrogens (tertiary/aromatic N) is 3. The van der Waals surface area contributed by atoms with Crippen molar-refractivity contribution < 1.29 is 9.18 Å². The first kappa shape index (κ1) is 17.4. The van der Waals surface area contributed by atoms with Gasteiger partial charge in [-0.3, -0.25) is 14.9 Å². The maximum Gasteiger partial charge on any atom is 0.228 e. The van der Waals surface area contributed by atoms with Gasteiger partial charge in [0.25, 0.3) is 0 Å². The highest BCUT2D eigenvalue weighted by Gasteiger charge is 2.26. The average molecular weight is 368 g/mol. The van der Waals surface area contributed by atoms with Crippen LogP contribution in [0.1, 0.15) is 32.4 Å². The number of hydrazine groups is 1. The first-order valence-corrected chi connectivity index (χ1v) is 9.09. The number of allylic oxidation sites excluding steroid dienone is 3. The minimum atomic E-state index is -0.448. The van der Waals surface area contributed by atoms with Crippen LogP contribution in [0.15, 0.2) is 36.2 Å². The van der Waals surface area contributed by atoms with Crippen molar-refractivity contribution in [1.82, 2.24) is 25.6 Å². The third-order valence-corrected chi connectivity index (χ3v) is 4.98. The molecule has 0 unspecified atom stereocenters. The van der Waals surface area contributed by atoms with Crippen molar-refractivity contribution in [3.8, 4) is 0 Å². The second-order valence-corrected chi connectivity index (χ2v) is 6.56. The van der Waals surface area contributed by atoms with Crippen molar-refractivity contribution in [2.45, 2.75) is 26.7 Å². The highest BCUT2D eigenvalue weighted by atomic mass is 19.1. The van der Waals surface area contributed by atoms with Gasteiger partial charge in [0.05, 0.1) is 11.1 Å². The third kappa shape index (κ3) is 3.02. The summed E-state index contributed by atoms with van der Waals surface area (Å²) in [6.45, 7) is 4.41. The number of carbonyl (C=O) groups excluding carboxylic acids is 1. The number of hydrogen-bond donors (Lipinski definition) is 3. The number of pyridine rings is 1. The Kier molecular flexibility index (Phi) is 4.49. The number of rotatable bonds is 5. The first-order chi connectivity index (χ1) is 13.1. The van der Waals surface area contributed by atoms with E-state index >= 15 is 0 Å². The summed E-state index contributed by atoms with van der Waals surface area (Å²) in [5.41, 5.74) is 5.52. The number of halogens is 1. The molecule has 27 heavy (non-hydrogen) atoms. The Labute approximate surface area is 156 Å². The number of aromatic amines is 1. The van der Waals surface area contributed by atoms with Crippen LogP contribution in [0.2, 0.25) is 0 Å². The number of H-pyrrole nitrogens is 1. The molecule has 3 N–H and O–H groups in total. The lowest BCUT2D eigenvalue weighted by Crippen LogP contribution is -2.26. The van der Waals surface area contributed by atoms with E-state index in [1.54, 1.807) is 0 Å². The van der Waals surface area contributed by atoms with Gasteiger partial charge < -0.3 is 5.32 Å². The topological polar surface area (TPSA) is 85.9 Å². The molecule has 0 radical (unpaired) electrons. The molecule has 7 nitrogen and oxygen atoms in total. The number of amides is 1. The van der Waals surface area contributed by atoms with E-state index in [4.69, 9.17) is 0 Å². The largest absolute Gasteiger partial charge is 0.308 e. The summed E-state index contributed by atoms with van der Waals surface area (Å²) in [6, 6.07) is 1.38. The predicted molar refractivity (Wildman–Crippen MR) is 102 cm³/mol. The van der Waals surface area contributed by atoms with E-state index in [9.17, 15) is 9.18 Å². The van der Waals surface area contributed by atoms with Gasteiger partial charge in [0, 0.05) is 24.2 Å². The molecule has 0 saturated carbocycles. The van der Waals surface area contributed by atoms with Crippen LogP contribution in [0, 0.1) is 11.7 Å². The lowest BCUT2D eigenvalue weighted by Gasteiger charge is -2.17. The normalized spacial score (nSPS) is 15.9. The van der Waals surface area contributed by atoms with Crippen LogP contribution in [0.5, 0.6) is 0 Å². The molecule has 4 rings (SSSR count). The molecule has 2 aromatic heterocycles. The number of carbonyl (C=O) groups is 1. The highest BCUT2D eigenvalue weighted by Crippen LogP contribution is 2.31. The van der Waals surface area contributed by atoms with Crippen LogP contribution < -0.4 is 10.7 Å². The smallest absolute Gasteiger partial charge is 0.228 e. The summed E-state index contributed by atoms with van der Waals surface area (Å²) in [7, 11) is 0. The summed E-state index contributed by atoms with van der Waals surface area (Å²) in [4.78, 5) is 16.8. The van der Waals surface area contributed by atoms with Crippen LogP contribution in [0.25, 0.3) is 16.6 Å². The van der Waals surface area contributed by atoms with Crippen molar-refractivity contribution in [3.63, 3.8) is 0 Å². The molecule has 0 aliphatic carbocycles. The fourth-order valence-electron chi connectivity index (χ4n) is 3.40. The average Bonchev–Trinajstić information content (AvgIpc) is 3.26. The van der Waals surface area contributed by atoms with E-state index in [2.05, 4.69) is 25.9 Å². The van der Waals surface area contributed by atoms with Gasteiger partial charge in [0.2, 0.25) is 5.91 Å². The first-order valence-electron chi connectivity index (χ1n) is 9.09. The zero-order valence-electron chi connectivity index (χ0n) is 15.2. The number of anilines is 1. The van der Waals surface area contributed by atoms with Gasteiger partial charge in [-0.25, -0.2) is 14.8 Å². The minimum Gasteiger partial charge on any atom is -0.308 e. The summed E-state index contributed by atoms with van der Waals surface area (Å²) in [6.07, 6.45) is 9.07. The molecule has 1 amide bonds. The second kappa shape index (κ2) is 6.96. The molecule has 4 heterocycles. The van der Waals surface area contributed by atoms with Gasteiger partial charge in [-0.15, -0.1) is 0 Å². The van der Waals surface area contributed by atoms with Gasteiger partial charge in [0.15, 0.2) is 11.5 Å². The summed E-state index contributed by atoms with van der Waals surface area (Å²) in [5, 5.41) is 12.0. The van der Waals surface area contributed by atoms with Gasteiger partial charge >= 0.3 is 0 Å². The predicted octanol–water partition coefficient (Wildman–Crippen LogP) is 3.09. The van der Waals surface area contributed by atoms with Crippen molar-refractivity contribution in [2.75, 3.05) is 11.9 Å². The molecule has 0 fully saturated rings. The fraction of sp³-hybridized carbons (Fsp3) is 0.316. The zero-order chi connectivity index (χ0) is 19.0. The van der Waals surface area contributed by atoms with E-state index in [0.717, 1.165) is 24.1 Å². The van der Waals surface area contributed by atoms with E-state index in [0.29, 0.717) is 23.4 Å². The standard InChI is InChI=1S/C19H21FN6O/c1-3-11(4-2)19(27)23-18-12-9-14(20)16(22-17(12)24-25-18)13-10-21-26-8-6-5-7-15(13)26/h5-9,11,21H,3-4,10H2,1-2H3,(H2,22,23,24,25,27). The molecule has 8 heteroatoms.